The van der Waals surface area contributed by atoms with Crippen LogP contribution in [-0.2, 0) is 24.1 Å². The first-order valence-electron chi connectivity index (χ1n) is 10.3. The van der Waals surface area contributed by atoms with E-state index in [9.17, 15) is 9.90 Å². The van der Waals surface area contributed by atoms with E-state index in [-0.39, 0.29) is 5.56 Å². The van der Waals surface area contributed by atoms with Crippen LogP contribution in [0.4, 0.5) is 0 Å². The zero-order chi connectivity index (χ0) is 20.6. The van der Waals surface area contributed by atoms with Crippen molar-refractivity contribution in [2.75, 3.05) is 33.4 Å². The number of rotatable bonds is 10. The number of methoxy groups -OCH3 is 1. The van der Waals surface area contributed by atoms with Crippen molar-refractivity contribution in [3.05, 3.63) is 57.3 Å². The third-order valence-electron chi connectivity index (χ3n) is 5.12. The van der Waals surface area contributed by atoms with Gasteiger partial charge in [0.25, 0.3) is 5.56 Å². The fourth-order valence-corrected chi connectivity index (χ4v) is 3.56. The van der Waals surface area contributed by atoms with Crippen molar-refractivity contribution >= 4 is 0 Å². The molecular formula is C22H31N3O4. The van der Waals surface area contributed by atoms with Gasteiger partial charge in [0.1, 0.15) is 11.6 Å². The molecule has 2 N–H and O–H groups in total. The van der Waals surface area contributed by atoms with E-state index in [4.69, 9.17) is 14.5 Å². The van der Waals surface area contributed by atoms with Crippen molar-refractivity contribution in [2.24, 2.45) is 0 Å². The van der Waals surface area contributed by atoms with Gasteiger partial charge < -0.3 is 19.6 Å². The molecule has 1 atom stereocenters. The lowest BCUT2D eigenvalue weighted by Gasteiger charge is -2.29. The quantitative estimate of drug-likeness (QED) is 0.592. The second-order valence-electron chi connectivity index (χ2n) is 7.53. The molecule has 0 saturated carbocycles. The van der Waals surface area contributed by atoms with Gasteiger partial charge in [-0.15, -0.1) is 0 Å². The Bertz CT molecular complexity index is 852. The third-order valence-corrected chi connectivity index (χ3v) is 5.12. The van der Waals surface area contributed by atoms with Crippen LogP contribution in [0.2, 0.25) is 0 Å². The molecule has 29 heavy (non-hydrogen) atoms. The monoisotopic (exact) mass is 401 g/mol. The van der Waals surface area contributed by atoms with Gasteiger partial charge in [0.15, 0.2) is 0 Å². The molecule has 7 nitrogen and oxygen atoms in total. The molecule has 1 unspecified atom stereocenters. The molecule has 158 valence electrons. The fourth-order valence-electron chi connectivity index (χ4n) is 3.56. The minimum atomic E-state index is -0.548. The topological polar surface area (TPSA) is 87.7 Å². The molecule has 0 amide bonds. The van der Waals surface area contributed by atoms with Gasteiger partial charge in [-0.25, -0.2) is 4.98 Å². The predicted octanol–water partition coefficient (Wildman–Crippen LogP) is 1.91. The maximum Gasteiger partial charge on any atom is 0.255 e. The molecule has 1 aliphatic rings. The van der Waals surface area contributed by atoms with Crippen LogP contribution in [0.1, 0.15) is 42.4 Å². The van der Waals surface area contributed by atoms with Crippen LogP contribution in [0.15, 0.2) is 29.1 Å². The lowest BCUT2D eigenvalue weighted by Crippen LogP contribution is -2.41. The minimum Gasteiger partial charge on any atom is -0.497 e. The maximum absolute atomic E-state index is 12.6. The van der Waals surface area contributed by atoms with E-state index >= 15 is 0 Å². The standard InChI is InChI=1S/C22H31N3O4/c1-3-4-10-29-15-17(26)13-25-9-8-20-19(14-25)22(27)24-21(23-20)12-16-6-5-7-18(11-16)28-2/h5-7,11,17,26H,3-4,8-10,12-15H2,1-2H3,(H,23,24,27). The Balaban J connectivity index is 1.61. The number of fused-ring (bicyclic) bond motifs is 1. The Morgan fingerprint density at radius 1 is 1.38 bits per heavy atom. The van der Waals surface area contributed by atoms with Crippen molar-refractivity contribution in [2.45, 2.75) is 45.3 Å². The van der Waals surface area contributed by atoms with Gasteiger partial charge in [-0.3, -0.25) is 9.69 Å². The molecule has 0 aliphatic carbocycles. The van der Waals surface area contributed by atoms with Crippen molar-refractivity contribution < 1.29 is 14.6 Å². The minimum absolute atomic E-state index is 0.0914. The van der Waals surface area contributed by atoms with E-state index < -0.39 is 6.10 Å². The number of H-pyrrole nitrogens is 1. The number of hydrogen-bond acceptors (Lipinski definition) is 6. The molecular weight excluding hydrogens is 370 g/mol. The Hall–Kier alpha value is -2.22. The summed E-state index contributed by atoms with van der Waals surface area (Å²) in [5.74, 6) is 1.45. The Kier molecular flexibility index (Phi) is 7.80. The SMILES string of the molecule is CCCCOCC(O)CN1CCc2nc(Cc3cccc(OC)c3)[nH]c(=O)c2C1. The van der Waals surface area contributed by atoms with E-state index in [1.54, 1.807) is 7.11 Å². The molecule has 1 aliphatic heterocycles. The number of nitrogens with zero attached hydrogens (tertiary/aromatic N) is 2. The van der Waals surface area contributed by atoms with Crippen LogP contribution in [0.25, 0.3) is 0 Å². The van der Waals surface area contributed by atoms with Crippen molar-refractivity contribution in [3.63, 3.8) is 0 Å². The highest BCUT2D eigenvalue weighted by molar-refractivity contribution is 5.31. The van der Waals surface area contributed by atoms with Gasteiger partial charge in [0, 0.05) is 39.1 Å². The summed E-state index contributed by atoms with van der Waals surface area (Å²) < 4.78 is 10.8. The number of hydrogen-bond donors (Lipinski definition) is 2. The molecule has 7 heteroatoms. The Morgan fingerprint density at radius 2 is 2.24 bits per heavy atom. The number of ether oxygens (including phenoxy) is 2. The van der Waals surface area contributed by atoms with Crippen LogP contribution in [0.3, 0.4) is 0 Å². The lowest BCUT2D eigenvalue weighted by atomic mass is 10.1. The van der Waals surface area contributed by atoms with Crippen molar-refractivity contribution in [1.82, 2.24) is 14.9 Å². The van der Waals surface area contributed by atoms with Crippen LogP contribution in [-0.4, -0.2) is 59.5 Å². The number of benzene rings is 1. The summed E-state index contributed by atoms with van der Waals surface area (Å²) in [6.07, 6.45) is 2.79. The van der Waals surface area contributed by atoms with Crippen LogP contribution < -0.4 is 10.3 Å². The smallest absolute Gasteiger partial charge is 0.255 e. The number of β-amino-alcohol motifs (C(OH)–C–C–N with tert-alkyl or cyclic N) is 1. The zero-order valence-corrected chi connectivity index (χ0v) is 17.3. The summed E-state index contributed by atoms with van der Waals surface area (Å²) in [7, 11) is 1.64. The number of aromatic amines is 1. The summed E-state index contributed by atoms with van der Waals surface area (Å²) in [4.78, 5) is 22.4. The first kappa shape index (κ1) is 21.5. The zero-order valence-electron chi connectivity index (χ0n) is 17.3. The fraction of sp³-hybridized carbons (Fsp3) is 0.545. The van der Waals surface area contributed by atoms with Gasteiger partial charge in [-0.2, -0.15) is 0 Å². The number of nitrogens with one attached hydrogen (secondary N) is 1. The molecule has 0 radical (unpaired) electrons. The molecule has 2 aromatic rings. The van der Waals surface area contributed by atoms with E-state index in [2.05, 4.69) is 16.8 Å². The van der Waals surface area contributed by atoms with E-state index in [0.717, 1.165) is 36.4 Å². The average molecular weight is 402 g/mol. The summed E-state index contributed by atoms with van der Waals surface area (Å²) >= 11 is 0. The summed E-state index contributed by atoms with van der Waals surface area (Å²) in [6.45, 7) is 4.89. The van der Waals surface area contributed by atoms with Crippen molar-refractivity contribution in [1.29, 1.82) is 0 Å². The van der Waals surface area contributed by atoms with Gasteiger partial charge in [-0.05, 0) is 24.1 Å². The molecule has 0 fully saturated rings. The molecule has 3 rings (SSSR count). The van der Waals surface area contributed by atoms with Crippen LogP contribution in [0.5, 0.6) is 5.75 Å². The number of unbranched alkanes of at least 4 members (excludes halogenated alkanes) is 1. The van der Waals surface area contributed by atoms with Crippen LogP contribution >= 0.6 is 0 Å². The summed E-state index contributed by atoms with van der Waals surface area (Å²) in [5, 5.41) is 10.2. The average Bonchev–Trinajstić information content (AvgIpc) is 2.72. The van der Waals surface area contributed by atoms with E-state index in [0.29, 0.717) is 50.5 Å². The van der Waals surface area contributed by atoms with Gasteiger partial charge in [0.05, 0.1) is 31.1 Å². The molecule has 0 saturated heterocycles. The largest absolute Gasteiger partial charge is 0.497 e. The lowest BCUT2D eigenvalue weighted by molar-refractivity contribution is 0.0133. The second kappa shape index (κ2) is 10.5. The molecule has 1 aromatic heterocycles. The number of aliphatic hydroxyl groups is 1. The Labute approximate surface area is 171 Å². The number of aromatic nitrogens is 2. The highest BCUT2D eigenvalue weighted by Gasteiger charge is 2.23. The van der Waals surface area contributed by atoms with Gasteiger partial charge >= 0.3 is 0 Å². The Morgan fingerprint density at radius 3 is 3.03 bits per heavy atom. The first-order chi connectivity index (χ1) is 14.1. The van der Waals surface area contributed by atoms with E-state index in [1.807, 2.05) is 24.3 Å². The van der Waals surface area contributed by atoms with Crippen LogP contribution in [0, 0.1) is 0 Å². The van der Waals surface area contributed by atoms with Gasteiger partial charge in [0.2, 0.25) is 0 Å². The summed E-state index contributed by atoms with van der Waals surface area (Å²) in [5.41, 5.74) is 2.50. The highest BCUT2D eigenvalue weighted by Crippen LogP contribution is 2.17. The first-order valence-corrected chi connectivity index (χ1v) is 10.3. The highest BCUT2D eigenvalue weighted by atomic mass is 16.5. The third kappa shape index (κ3) is 6.13. The predicted molar refractivity (Wildman–Crippen MR) is 111 cm³/mol. The van der Waals surface area contributed by atoms with Gasteiger partial charge in [-0.1, -0.05) is 25.5 Å². The molecule has 1 aromatic carbocycles. The molecule has 2 heterocycles. The molecule has 0 bridgehead atoms. The maximum atomic E-state index is 12.6. The second-order valence-corrected chi connectivity index (χ2v) is 7.53. The van der Waals surface area contributed by atoms with E-state index in [1.165, 1.54) is 0 Å². The number of aliphatic hydroxyl groups excluding tert-OH is 1. The normalized spacial score (nSPS) is 15.1. The van der Waals surface area contributed by atoms with Crippen molar-refractivity contribution in [3.8, 4) is 5.75 Å². The summed E-state index contributed by atoms with van der Waals surface area (Å²) in [6, 6.07) is 7.77. The molecule has 0 spiro atoms.